The summed E-state index contributed by atoms with van der Waals surface area (Å²) in [5, 5.41) is 2.25. The fourth-order valence-electron chi connectivity index (χ4n) is 8.24. The minimum absolute atomic E-state index is 0. The van der Waals surface area contributed by atoms with Gasteiger partial charge in [0, 0.05) is 7.05 Å². The summed E-state index contributed by atoms with van der Waals surface area (Å²) in [7, 11) is 3.93. The van der Waals surface area contributed by atoms with Gasteiger partial charge >= 0.3 is 300 Å². The average Bonchev–Trinajstić information content (AvgIpc) is 3.85. The summed E-state index contributed by atoms with van der Waals surface area (Å²) in [5.74, 6) is 0.745. The number of furan rings is 1. The van der Waals surface area contributed by atoms with Gasteiger partial charge in [-0.3, -0.25) is 0 Å². The minimum atomic E-state index is -2.68. The van der Waals surface area contributed by atoms with E-state index in [0.717, 1.165) is 55.6 Å². The summed E-state index contributed by atoms with van der Waals surface area (Å²) in [6.45, 7) is 13.4. The quantitative estimate of drug-likeness (QED) is 0.0888. The molecular formula is C56H47IrN2OSb+. The molecule has 0 unspecified atom stereocenters. The van der Waals surface area contributed by atoms with E-state index in [0.29, 0.717) is 11.8 Å². The maximum atomic E-state index is 6.79. The first-order chi connectivity index (χ1) is 29.3. The van der Waals surface area contributed by atoms with Gasteiger partial charge in [0.05, 0.1) is 11.9 Å². The first kappa shape index (κ1) is 42.1. The van der Waals surface area contributed by atoms with E-state index in [9.17, 15) is 0 Å². The zero-order chi connectivity index (χ0) is 41.3. The van der Waals surface area contributed by atoms with E-state index in [1.807, 2.05) is 47.2 Å². The van der Waals surface area contributed by atoms with Crippen LogP contribution in [-0.4, -0.2) is 23.9 Å². The average molecular weight is 1080 g/mol. The van der Waals surface area contributed by atoms with Crippen LogP contribution in [0.2, 0.25) is 0 Å². The van der Waals surface area contributed by atoms with Gasteiger partial charge in [-0.1, -0.05) is 24.3 Å². The number of pyridine rings is 1. The first-order valence-corrected chi connectivity index (χ1v) is 24.5. The van der Waals surface area contributed by atoms with Crippen LogP contribution in [0.4, 0.5) is 5.69 Å². The molecule has 9 aromatic rings. The molecule has 5 heteroatoms. The number of hydrogen-bond donors (Lipinski definition) is 0. The van der Waals surface area contributed by atoms with E-state index in [2.05, 4.69) is 181 Å². The molecule has 0 saturated carbocycles. The van der Waals surface area contributed by atoms with Gasteiger partial charge < -0.3 is 4.57 Å². The van der Waals surface area contributed by atoms with E-state index in [4.69, 9.17) is 9.41 Å². The SMILES string of the molecule is CC(C)c1cc(-c2ccccc2)cc(C(C)C)[c]1[Sb]1[C](c2[c-]ccc3c2oc2cc(-c4ccccc4)ccc23)=Nc2cccc[c]21.[CH2-]c1ccccc1-c1cccc[n+]1[CH2-].[Ir+3]. The normalized spacial score (nSPS) is 12.3. The summed E-state index contributed by atoms with van der Waals surface area (Å²) in [4.78, 5) is 5.45. The Bertz CT molecular complexity index is 2950. The van der Waals surface area contributed by atoms with Crippen molar-refractivity contribution in [2.75, 3.05) is 0 Å². The molecule has 0 N–H and O–H groups in total. The van der Waals surface area contributed by atoms with Crippen molar-refractivity contribution in [3.8, 4) is 33.5 Å². The minimum Gasteiger partial charge on any atom is -0.343 e. The molecule has 3 nitrogen and oxygen atoms in total. The van der Waals surface area contributed by atoms with Gasteiger partial charge in [0.2, 0.25) is 0 Å². The molecule has 0 saturated heterocycles. The van der Waals surface area contributed by atoms with Gasteiger partial charge in [-0.05, 0) is 0 Å². The van der Waals surface area contributed by atoms with Crippen molar-refractivity contribution in [1.82, 2.24) is 0 Å². The summed E-state index contributed by atoms with van der Waals surface area (Å²) in [6.07, 6.45) is 1.93. The predicted octanol–water partition coefficient (Wildman–Crippen LogP) is 12.7. The maximum absolute atomic E-state index is 6.79. The van der Waals surface area contributed by atoms with E-state index in [1.165, 1.54) is 35.0 Å². The molecular weight excluding hydrogens is 1030 g/mol. The molecule has 1 aliphatic heterocycles. The zero-order valence-electron chi connectivity index (χ0n) is 34.9. The molecule has 0 spiro atoms. The van der Waals surface area contributed by atoms with Gasteiger partial charge in [-0.2, -0.15) is 18.6 Å². The van der Waals surface area contributed by atoms with Gasteiger partial charge in [-0.15, -0.1) is 17.7 Å². The van der Waals surface area contributed by atoms with Crippen LogP contribution in [0, 0.1) is 20.0 Å². The number of aromatic nitrogens is 1. The summed E-state index contributed by atoms with van der Waals surface area (Å²) >= 11 is -2.68. The van der Waals surface area contributed by atoms with Gasteiger partial charge in [0.15, 0.2) is 0 Å². The van der Waals surface area contributed by atoms with Crippen LogP contribution in [0.15, 0.2) is 185 Å². The summed E-state index contributed by atoms with van der Waals surface area (Å²) < 4.78 is 12.8. The van der Waals surface area contributed by atoms with Crippen molar-refractivity contribution in [3.63, 3.8) is 0 Å². The van der Waals surface area contributed by atoms with Crippen molar-refractivity contribution in [3.05, 3.63) is 218 Å². The Hall–Kier alpha value is -5.63. The predicted molar refractivity (Wildman–Crippen MR) is 253 cm³/mol. The van der Waals surface area contributed by atoms with Crippen molar-refractivity contribution in [1.29, 1.82) is 0 Å². The van der Waals surface area contributed by atoms with Crippen LogP contribution in [0.1, 0.15) is 61.8 Å². The molecule has 300 valence electrons. The zero-order valence-corrected chi connectivity index (χ0v) is 39.8. The van der Waals surface area contributed by atoms with Crippen LogP contribution < -0.4 is 11.6 Å². The molecule has 61 heavy (non-hydrogen) atoms. The monoisotopic (exact) mass is 1080 g/mol. The molecule has 10 rings (SSSR count). The maximum Gasteiger partial charge on any atom is 3.00 e. The molecule has 7 aromatic carbocycles. The molecule has 0 aliphatic carbocycles. The van der Waals surface area contributed by atoms with Crippen molar-refractivity contribution in [2.45, 2.75) is 39.5 Å². The van der Waals surface area contributed by atoms with Gasteiger partial charge in [-0.25, -0.2) is 0 Å². The van der Waals surface area contributed by atoms with E-state index < -0.39 is 20.2 Å². The molecule has 0 fully saturated rings. The molecule has 2 aromatic heterocycles. The number of nitrogens with zero attached hydrogens (tertiary/aromatic N) is 2. The molecule has 0 bridgehead atoms. The smallest absolute Gasteiger partial charge is 0.343 e. The first-order valence-electron chi connectivity index (χ1n) is 20.6. The largest absolute Gasteiger partial charge is 3.00 e. The summed E-state index contributed by atoms with van der Waals surface area (Å²) in [6, 6.07) is 63.6. The van der Waals surface area contributed by atoms with Crippen molar-refractivity contribution >= 4 is 58.5 Å². The Morgan fingerprint density at radius 2 is 1.25 bits per heavy atom. The van der Waals surface area contributed by atoms with Gasteiger partial charge in [0.25, 0.3) is 0 Å². The molecule has 1 aliphatic rings. The van der Waals surface area contributed by atoms with Gasteiger partial charge in [0.1, 0.15) is 0 Å². The number of fused-ring (bicyclic) bond motifs is 4. The molecule has 0 amide bonds. The number of aliphatic imine (C=N–C) groups is 1. The van der Waals surface area contributed by atoms with E-state index >= 15 is 0 Å². The number of para-hydroxylation sites is 1. The molecule has 0 atom stereocenters. The Morgan fingerprint density at radius 3 is 1.92 bits per heavy atom. The van der Waals surface area contributed by atoms with Crippen LogP contribution in [0.5, 0.6) is 0 Å². The van der Waals surface area contributed by atoms with Crippen molar-refractivity contribution < 1.29 is 29.1 Å². The number of hydrogen-bond acceptors (Lipinski definition) is 2. The fraction of sp³-hybridized carbons (Fsp3) is 0.107. The number of rotatable bonds is 7. The van der Waals surface area contributed by atoms with Crippen LogP contribution >= 0.6 is 0 Å². The Kier molecular flexibility index (Phi) is 12.5. The van der Waals surface area contributed by atoms with Crippen LogP contribution in [-0.2, 0) is 20.1 Å². The Balaban J connectivity index is 0.000000291. The van der Waals surface area contributed by atoms with Crippen LogP contribution in [0.25, 0.3) is 55.4 Å². The van der Waals surface area contributed by atoms with Crippen LogP contribution in [0.3, 0.4) is 0 Å². The second-order valence-electron chi connectivity index (χ2n) is 15.9. The molecule has 0 radical (unpaired) electrons. The standard InChI is InChI=1S/C25H14NO.C18H21.C13H12N.Ir.Sb/c1-3-8-18(9-4-1)19-14-15-22-23-13-7-10-20(25(23)27-24(22)16-19)17-26-21-11-5-2-6-12-21;1-13(2)16-10-17(14(3)4)12-18(11-16)15-8-6-5-7-9-15;1-11-7-3-4-8-12(11)13-9-5-6-10-14(13)2;;/h1-9,11,13-16H;5-9,11-14H,1-4H3;3-10H,1-2H2;;/q-1;;-1;+3;. The molecule has 3 heterocycles. The van der Waals surface area contributed by atoms with E-state index in [-0.39, 0.29) is 20.1 Å². The van der Waals surface area contributed by atoms with E-state index in [1.54, 1.807) is 3.51 Å². The van der Waals surface area contributed by atoms with Crippen molar-refractivity contribution in [2.24, 2.45) is 4.99 Å². The Labute approximate surface area is 381 Å². The Morgan fingerprint density at radius 1 is 0.623 bits per heavy atom. The third-order valence-electron chi connectivity index (χ3n) is 11.3. The third-order valence-corrected chi connectivity index (χ3v) is 18.6. The number of benzene rings is 7. The topological polar surface area (TPSA) is 29.4 Å². The second kappa shape index (κ2) is 18.1. The fourth-order valence-corrected chi connectivity index (χ4v) is 16.9. The second-order valence-corrected chi connectivity index (χ2v) is 21.7. The third kappa shape index (κ3) is 8.26. The summed E-state index contributed by atoms with van der Waals surface area (Å²) in [5.41, 5.74) is 14.9.